The smallest absolute Gasteiger partial charge is 0.225 e. The Morgan fingerprint density at radius 2 is 2.04 bits per heavy atom. The number of piperidine rings is 1. The van der Waals surface area contributed by atoms with Crippen molar-refractivity contribution in [3.63, 3.8) is 0 Å². The Labute approximate surface area is 145 Å². The van der Waals surface area contributed by atoms with Crippen molar-refractivity contribution in [2.24, 2.45) is 11.8 Å². The molecule has 0 spiro atoms. The Morgan fingerprint density at radius 1 is 1.29 bits per heavy atom. The van der Waals surface area contributed by atoms with Crippen LogP contribution < -0.4 is 0 Å². The minimum Gasteiger partial charge on any atom is -0.385 e. The normalized spacial score (nSPS) is 19.5. The van der Waals surface area contributed by atoms with E-state index in [-0.39, 0.29) is 0 Å². The molecular weight excluding hydrogens is 302 g/mol. The predicted octanol–water partition coefficient (Wildman–Crippen LogP) is 2.81. The van der Waals surface area contributed by atoms with Gasteiger partial charge >= 0.3 is 0 Å². The number of rotatable bonds is 7. The first-order chi connectivity index (χ1) is 11.7. The highest BCUT2D eigenvalue weighted by Crippen LogP contribution is 2.30. The van der Waals surface area contributed by atoms with Gasteiger partial charge in [0.1, 0.15) is 5.82 Å². The molecule has 0 aromatic carbocycles. The third-order valence-corrected chi connectivity index (χ3v) is 5.72. The molecule has 0 N–H and O–H groups in total. The largest absolute Gasteiger partial charge is 0.385 e. The summed E-state index contributed by atoms with van der Waals surface area (Å²) in [5.74, 6) is 2.60. The molecule has 0 atom stereocenters. The molecule has 2 heterocycles. The number of carbonyl (C=O) groups excluding carboxylic acids is 1. The fourth-order valence-corrected chi connectivity index (χ4v) is 3.88. The lowest BCUT2D eigenvalue weighted by molar-refractivity contribution is -0.139. The van der Waals surface area contributed by atoms with Crippen molar-refractivity contribution in [2.75, 3.05) is 26.8 Å². The Kier molecular flexibility index (Phi) is 5.93. The van der Waals surface area contributed by atoms with E-state index >= 15 is 0 Å². The van der Waals surface area contributed by atoms with Gasteiger partial charge in [0.15, 0.2) is 0 Å². The number of amides is 1. The first-order valence-corrected chi connectivity index (χ1v) is 9.47. The maximum absolute atomic E-state index is 12.3. The Bertz CT molecular complexity index is 543. The van der Waals surface area contributed by atoms with Crippen LogP contribution in [0.3, 0.4) is 0 Å². The maximum Gasteiger partial charge on any atom is 0.225 e. The molecule has 1 aromatic heterocycles. The number of imidazole rings is 1. The highest BCUT2D eigenvalue weighted by atomic mass is 16.5. The average Bonchev–Trinajstić information content (AvgIpc) is 2.87. The van der Waals surface area contributed by atoms with Gasteiger partial charge in [-0.05, 0) is 44.9 Å². The molecule has 134 valence electrons. The van der Waals surface area contributed by atoms with Crippen molar-refractivity contribution >= 4 is 5.91 Å². The zero-order valence-electron chi connectivity index (χ0n) is 15.2. The number of aromatic nitrogens is 2. The third kappa shape index (κ3) is 4.00. The molecule has 1 saturated heterocycles. The Hall–Kier alpha value is -1.36. The fraction of sp³-hybridized carbons (Fsp3) is 0.789. The monoisotopic (exact) mass is 333 g/mol. The number of aryl methyl sites for hydroxylation is 1. The van der Waals surface area contributed by atoms with E-state index in [2.05, 4.69) is 21.4 Å². The van der Waals surface area contributed by atoms with Crippen LogP contribution in [0.15, 0.2) is 6.20 Å². The van der Waals surface area contributed by atoms with Gasteiger partial charge in [0, 0.05) is 57.6 Å². The number of hydrogen-bond donors (Lipinski definition) is 0. The highest BCUT2D eigenvalue weighted by Gasteiger charge is 2.31. The Morgan fingerprint density at radius 3 is 2.67 bits per heavy atom. The van der Waals surface area contributed by atoms with Crippen LogP contribution in [-0.2, 0) is 22.5 Å². The van der Waals surface area contributed by atoms with Gasteiger partial charge in [-0.1, -0.05) is 6.42 Å². The van der Waals surface area contributed by atoms with Crippen molar-refractivity contribution < 1.29 is 9.53 Å². The van der Waals surface area contributed by atoms with Crippen LogP contribution in [0.5, 0.6) is 0 Å². The lowest BCUT2D eigenvalue weighted by atomic mass is 9.83. The van der Waals surface area contributed by atoms with E-state index in [1.807, 2.05) is 6.20 Å². The lowest BCUT2D eigenvalue weighted by Crippen LogP contribution is -2.43. The van der Waals surface area contributed by atoms with E-state index in [9.17, 15) is 4.79 Å². The summed E-state index contributed by atoms with van der Waals surface area (Å²) in [5.41, 5.74) is 1.23. The van der Waals surface area contributed by atoms with Gasteiger partial charge in [-0.25, -0.2) is 4.98 Å². The van der Waals surface area contributed by atoms with E-state index < -0.39 is 0 Å². The van der Waals surface area contributed by atoms with Crippen LogP contribution in [0, 0.1) is 18.8 Å². The van der Waals surface area contributed by atoms with Crippen LogP contribution in [0.4, 0.5) is 0 Å². The minimum atomic E-state index is 0.337. The first-order valence-electron chi connectivity index (χ1n) is 9.47. The number of methoxy groups -OCH3 is 1. The van der Waals surface area contributed by atoms with Crippen molar-refractivity contribution in [3.8, 4) is 0 Å². The molecule has 24 heavy (non-hydrogen) atoms. The van der Waals surface area contributed by atoms with Gasteiger partial charge in [0.25, 0.3) is 0 Å². The van der Waals surface area contributed by atoms with Gasteiger partial charge in [-0.3, -0.25) is 4.79 Å². The molecule has 2 fully saturated rings. The molecule has 1 amide bonds. The molecule has 0 unspecified atom stereocenters. The maximum atomic E-state index is 12.3. The van der Waals surface area contributed by atoms with E-state index in [4.69, 9.17) is 4.74 Å². The van der Waals surface area contributed by atoms with Crippen molar-refractivity contribution in [3.05, 3.63) is 17.7 Å². The number of likely N-dealkylation sites (tertiary alicyclic amines) is 1. The zero-order chi connectivity index (χ0) is 16.9. The summed E-state index contributed by atoms with van der Waals surface area (Å²) in [5, 5.41) is 0. The molecule has 3 rings (SSSR count). The van der Waals surface area contributed by atoms with Gasteiger partial charge in [0.05, 0.1) is 0 Å². The van der Waals surface area contributed by atoms with E-state index in [1.165, 1.54) is 17.9 Å². The fourth-order valence-electron chi connectivity index (χ4n) is 3.88. The number of nitrogens with zero attached hydrogens (tertiary/aromatic N) is 3. The second-order valence-electron chi connectivity index (χ2n) is 7.41. The van der Waals surface area contributed by atoms with Crippen LogP contribution in [0.25, 0.3) is 0 Å². The van der Waals surface area contributed by atoms with E-state index in [0.29, 0.717) is 17.7 Å². The molecule has 1 saturated carbocycles. The number of ether oxygens (including phenoxy) is 1. The van der Waals surface area contributed by atoms with Crippen LogP contribution in [-0.4, -0.2) is 47.2 Å². The summed E-state index contributed by atoms with van der Waals surface area (Å²) in [7, 11) is 1.75. The van der Waals surface area contributed by atoms with Crippen LogP contribution >= 0.6 is 0 Å². The second kappa shape index (κ2) is 8.15. The average molecular weight is 333 g/mol. The SMILES string of the molecule is COCCCn1c(C)cnc1CC1CCN(C(=O)C2CCC2)CC1. The van der Waals surface area contributed by atoms with E-state index in [1.54, 1.807) is 7.11 Å². The van der Waals surface area contributed by atoms with Gasteiger partial charge in [-0.2, -0.15) is 0 Å². The predicted molar refractivity (Wildman–Crippen MR) is 93.8 cm³/mol. The summed E-state index contributed by atoms with van der Waals surface area (Å²) in [6.07, 6.45) is 9.72. The van der Waals surface area contributed by atoms with E-state index in [0.717, 1.165) is 64.8 Å². The molecule has 1 aliphatic carbocycles. The summed E-state index contributed by atoms with van der Waals surface area (Å²) < 4.78 is 7.50. The van der Waals surface area contributed by atoms with Gasteiger partial charge in [0.2, 0.25) is 5.91 Å². The lowest BCUT2D eigenvalue weighted by Gasteiger charge is -2.36. The topological polar surface area (TPSA) is 47.4 Å². The molecular formula is C19H31N3O2. The number of hydrogen-bond acceptors (Lipinski definition) is 3. The van der Waals surface area contributed by atoms with Crippen molar-refractivity contribution in [1.82, 2.24) is 14.5 Å². The van der Waals surface area contributed by atoms with Gasteiger partial charge < -0.3 is 14.2 Å². The van der Waals surface area contributed by atoms with Crippen molar-refractivity contribution in [2.45, 2.75) is 58.4 Å². The Balaban J connectivity index is 1.50. The zero-order valence-corrected chi connectivity index (χ0v) is 15.2. The standard InChI is InChI=1S/C19H31N3O2/c1-15-14-20-18(22(15)9-4-12-24-2)13-16-7-10-21(11-8-16)19(23)17-5-3-6-17/h14,16-17H,3-13H2,1-2H3. The highest BCUT2D eigenvalue weighted by molar-refractivity contribution is 5.79. The summed E-state index contributed by atoms with van der Waals surface area (Å²) in [6.45, 7) is 5.77. The molecule has 5 nitrogen and oxygen atoms in total. The van der Waals surface area contributed by atoms with Crippen LogP contribution in [0.2, 0.25) is 0 Å². The summed E-state index contributed by atoms with van der Waals surface area (Å²) >= 11 is 0. The van der Waals surface area contributed by atoms with Crippen LogP contribution in [0.1, 0.15) is 50.0 Å². The number of carbonyl (C=O) groups is 1. The van der Waals surface area contributed by atoms with Crippen molar-refractivity contribution in [1.29, 1.82) is 0 Å². The molecule has 2 aliphatic rings. The second-order valence-corrected chi connectivity index (χ2v) is 7.41. The quantitative estimate of drug-likeness (QED) is 0.721. The molecule has 0 bridgehead atoms. The van der Waals surface area contributed by atoms with Gasteiger partial charge in [-0.15, -0.1) is 0 Å². The first kappa shape index (κ1) is 17.5. The minimum absolute atomic E-state index is 0.337. The molecule has 0 radical (unpaired) electrons. The molecule has 1 aromatic rings. The summed E-state index contributed by atoms with van der Waals surface area (Å²) in [6, 6.07) is 0. The molecule has 1 aliphatic heterocycles. The summed E-state index contributed by atoms with van der Waals surface area (Å²) in [4.78, 5) is 19.1. The molecule has 5 heteroatoms. The third-order valence-electron chi connectivity index (χ3n) is 5.72.